The predicted molar refractivity (Wildman–Crippen MR) is 96.4 cm³/mol. The summed E-state index contributed by atoms with van der Waals surface area (Å²) in [6.07, 6.45) is 0.495. The molecule has 2 aromatic rings. The summed E-state index contributed by atoms with van der Waals surface area (Å²) in [5.41, 5.74) is 0.709. The van der Waals surface area contributed by atoms with Gasteiger partial charge in [0.2, 0.25) is 0 Å². The van der Waals surface area contributed by atoms with Gasteiger partial charge in [0, 0.05) is 6.07 Å². The van der Waals surface area contributed by atoms with Crippen LogP contribution in [0.4, 0.5) is 5.82 Å². The number of nitrogens with one attached hydrogen (secondary N) is 1. The van der Waals surface area contributed by atoms with Crippen LogP contribution in [0.3, 0.4) is 0 Å². The predicted octanol–water partition coefficient (Wildman–Crippen LogP) is 1.58. The molecule has 0 radical (unpaired) electrons. The molecule has 1 aliphatic heterocycles. The molecule has 1 saturated heterocycles. The van der Waals surface area contributed by atoms with Gasteiger partial charge in [0.05, 0.1) is 30.4 Å². The summed E-state index contributed by atoms with van der Waals surface area (Å²) < 4.78 is 35.5. The zero-order valence-electron chi connectivity index (χ0n) is 14.6. The Labute approximate surface area is 152 Å². The molecule has 0 spiro atoms. The number of benzene rings is 1. The van der Waals surface area contributed by atoms with Crippen molar-refractivity contribution >= 4 is 21.6 Å². The second-order valence-corrected chi connectivity index (χ2v) is 8.41. The van der Waals surface area contributed by atoms with E-state index in [0.29, 0.717) is 29.4 Å². The molecular weight excluding hydrogens is 358 g/mol. The highest BCUT2D eigenvalue weighted by Gasteiger charge is 2.31. The molecule has 1 aromatic heterocycles. The number of nitrogens with zero attached hydrogens (tertiary/aromatic N) is 2. The van der Waals surface area contributed by atoms with Crippen LogP contribution >= 0.6 is 0 Å². The molecule has 2 heterocycles. The molecule has 26 heavy (non-hydrogen) atoms. The number of ether oxygens (including phenoxy) is 2. The fraction of sp³-hybridized carbons (Fsp3) is 0.412. The quantitative estimate of drug-likeness (QED) is 0.818. The lowest BCUT2D eigenvalue weighted by Crippen LogP contribution is -2.23. The molecule has 8 nitrogen and oxygen atoms in total. The minimum atomic E-state index is -3.04. The third kappa shape index (κ3) is 4.34. The van der Waals surface area contributed by atoms with Gasteiger partial charge in [0.1, 0.15) is 17.3 Å². The molecule has 140 valence electrons. The number of aromatic nitrogens is 2. The zero-order chi connectivity index (χ0) is 18.7. The summed E-state index contributed by atoms with van der Waals surface area (Å²) in [6, 6.07) is 8.37. The van der Waals surface area contributed by atoms with Crippen LogP contribution in [0.1, 0.15) is 18.2 Å². The lowest BCUT2D eigenvalue weighted by atomic mass is 10.3. The molecule has 1 amide bonds. The van der Waals surface area contributed by atoms with Crippen molar-refractivity contribution in [1.29, 1.82) is 0 Å². The number of sulfone groups is 1. The first kappa shape index (κ1) is 18.2. The topological polar surface area (TPSA) is 99.5 Å². The van der Waals surface area contributed by atoms with E-state index in [2.05, 4.69) is 10.4 Å². The van der Waals surface area contributed by atoms with Crippen LogP contribution in [-0.4, -0.2) is 49.3 Å². The van der Waals surface area contributed by atoms with Gasteiger partial charge >= 0.3 is 0 Å². The summed E-state index contributed by atoms with van der Waals surface area (Å²) in [6.45, 7) is 1.63. The SMILES string of the molecule is COc1ccc(OCC(=O)Nc2cc(C)nn2C2CCS(=O)(=O)C2)cc1. The van der Waals surface area contributed by atoms with E-state index < -0.39 is 9.84 Å². The Balaban J connectivity index is 1.62. The van der Waals surface area contributed by atoms with Gasteiger partial charge in [-0.3, -0.25) is 4.79 Å². The van der Waals surface area contributed by atoms with Crippen molar-refractivity contribution in [2.45, 2.75) is 19.4 Å². The van der Waals surface area contributed by atoms with Crippen molar-refractivity contribution in [3.8, 4) is 11.5 Å². The molecule has 1 aromatic carbocycles. The Kier molecular flexibility index (Phi) is 5.17. The molecule has 1 atom stereocenters. The first-order valence-electron chi connectivity index (χ1n) is 8.19. The van der Waals surface area contributed by atoms with Gasteiger partial charge in [0.15, 0.2) is 16.4 Å². The van der Waals surface area contributed by atoms with Crippen molar-refractivity contribution in [2.24, 2.45) is 0 Å². The van der Waals surface area contributed by atoms with E-state index >= 15 is 0 Å². The molecule has 1 aliphatic rings. The normalized spacial score (nSPS) is 18.5. The molecule has 1 fully saturated rings. The van der Waals surface area contributed by atoms with E-state index in [9.17, 15) is 13.2 Å². The molecule has 3 rings (SSSR count). The van der Waals surface area contributed by atoms with Gasteiger partial charge in [-0.25, -0.2) is 13.1 Å². The molecule has 1 N–H and O–H groups in total. The fourth-order valence-electron chi connectivity index (χ4n) is 2.86. The Morgan fingerprint density at radius 3 is 2.62 bits per heavy atom. The van der Waals surface area contributed by atoms with Crippen molar-refractivity contribution in [1.82, 2.24) is 9.78 Å². The third-order valence-electron chi connectivity index (χ3n) is 4.11. The average Bonchev–Trinajstić information content (AvgIpc) is 3.15. The summed E-state index contributed by atoms with van der Waals surface area (Å²) in [5.74, 6) is 1.57. The fourth-order valence-corrected chi connectivity index (χ4v) is 4.55. The van der Waals surface area contributed by atoms with Crippen LogP contribution in [0, 0.1) is 6.92 Å². The standard InChI is InChI=1S/C17H21N3O5S/c1-12-9-16(20(19-12)13-7-8-26(22,23)11-13)18-17(21)10-25-15-5-3-14(24-2)4-6-15/h3-6,9,13H,7-8,10-11H2,1-2H3,(H,18,21). The van der Waals surface area contributed by atoms with Gasteiger partial charge in [-0.2, -0.15) is 5.10 Å². The highest BCUT2D eigenvalue weighted by Crippen LogP contribution is 2.27. The Bertz CT molecular complexity index is 890. The van der Waals surface area contributed by atoms with Crippen LogP contribution in [0.25, 0.3) is 0 Å². The van der Waals surface area contributed by atoms with Crippen LogP contribution < -0.4 is 14.8 Å². The third-order valence-corrected chi connectivity index (χ3v) is 5.86. The van der Waals surface area contributed by atoms with Crippen molar-refractivity contribution < 1.29 is 22.7 Å². The van der Waals surface area contributed by atoms with Crippen LogP contribution in [0.15, 0.2) is 30.3 Å². The highest BCUT2D eigenvalue weighted by molar-refractivity contribution is 7.91. The largest absolute Gasteiger partial charge is 0.497 e. The number of hydrogen-bond acceptors (Lipinski definition) is 6. The van der Waals surface area contributed by atoms with Gasteiger partial charge in [0.25, 0.3) is 5.91 Å². The number of methoxy groups -OCH3 is 1. The maximum absolute atomic E-state index is 12.2. The van der Waals surface area contributed by atoms with E-state index in [4.69, 9.17) is 9.47 Å². The van der Waals surface area contributed by atoms with Gasteiger partial charge < -0.3 is 14.8 Å². The van der Waals surface area contributed by atoms with Crippen molar-refractivity contribution in [3.63, 3.8) is 0 Å². The number of amides is 1. The van der Waals surface area contributed by atoms with E-state index in [-0.39, 0.29) is 30.1 Å². The average molecular weight is 379 g/mol. The van der Waals surface area contributed by atoms with Gasteiger partial charge in [-0.15, -0.1) is 0 Å². The number of rotatable bonds is 6. The highest BCUT2D eigenvalue weighted by atomic mass is 32.2. The maximum atomic E-state index is 12.2. The monoisotopic (exact) mass is 379 g/mol. The number of hydrogen-bond donors (Lipinski definition) is 1. The van der Waals surface area contributed by atoms with Crippen molar-refractivity contribution in [3.05, 3.63) is 36.0 Å². The van der Waals surface area contributed by atoms with E-state index in [1.165, 1.54) is 0 Å². The number of carbonyl (C=O) groups is 1. The molecule has 9 heteroatoms. The summed E-state index contributed by atoms with van der Waals surface area (Å²) >= 11 is 0. The van der Waals surface area contributed by atoms with Crippen LogP contribution in [-0.2, 0) is 14.6 Å². The Morgan fingerprint density at radius 1 is 1.31 bits per heavy atom. The first-order valence-corrected chi connectivity index (χ1v) is 10.0. The number of carbonyl (C=O) groups excluding carboxylic acids is 1. The minimum Gasteiger partial charge on any atom is -0.497 e. The second kappa shape index (κ2) is 7.36. The lowest BCUT2D eigenvalue weighted by molar-refractivity contribution is -0.118. The molecule has 0 saturated carbocycles. The summed E-state index contributed by atoms with van der Waals surface area (Å²) in [5, 5.41) is 7.08. The van der Waals surface area contributed by atoms with Crippen LogP contribution in [0.5, 0.6) is 11.5 Å². The summed E-state index contributed by atoms with van der Waals surface area (Å²) in [7, 11) is -1.47. The van der Waals surface area contributed by atoms with Crippen LogP contribution in [0.2, 0.25) is 0 Å². The smallest absolute Gasteiger partial charge is 0.263 e. The van der Waals surface area contributed by atoms with Gasteiger partial charge in [-0.1, -0.05) is 0 Å². The zero-order valence-corrected chi connectivity index (χ0v) is 15.5. The molecular formula is C17H21N3O5S. The molecule has 1 unspecified atom stereocenters. The maximum Gasteiger partial charge on any atom is 0.263 e. The van der Waals surface area contributed by atoms with E-state index in [1.807, 2.05) is 0 Å². The number of anilines is 1. The number of aryl methyl sites for hydroxylation is 1. The second-order valence-electron chi connectivity index (χ2n) is 6.18. The van der Waals surface area contributed by atoms with E-state index in [0.717, 1.165) is 0 Å². The Morgan fingerprint density at radius 2 is 2.00 bits per heavy atom. The molecule has 0 aliphatic carbocycles. The minimum absolute atomic E-state index is 0.0410. The Hall–Kier alpha value is -2.55. The molecule has 0 bridgehead atoms. The lowest BCUT2D eigenvalue weighted by Gasteiger charge is -2.14. The first-order chi connectivity index (χ1) is 12.4. The van der Waals surface area contributed by atoms with E-state index in [1.54, 1.807) is 49.0 Å². The van der Waals surface area contributed by atoms with Gasteiger partial charge in [-0.05, 0) is 37.6 Å². The summed E-state index contributed by atoms with van der Waals surface area (Å²) in [4.78, 5) is 12.2. The van der Waals surface area contributed by atoms with Crippen molar-refractivity contribution in [2.75, 3.05) is 30.5 Å².